The summed E-state index contributed by atoms with van der Waals surface area (Å²) in [5.74, 6) is 1.79. The van der Waals surface area contributed by atoms with Crippen LogP contribution in [-0.4, -0.2) is 94.0 Å². The van der Waals surface area contributed by atoms with Crippen molar-refractivity contribution in [2.24, 2.45) is 0 Å². The smallest absolute Gasteiger partial charge is 0.394 e. The van der Waals surface area contributed by atoms with E-state index in [1.807, 2.05) is 18.0 Å². The molecule has 5 rings (SSSR count). The first-order valence-corrected chi connectivity index (χ1v) is 14.1. The fraction of sp³-hybridized carbons (Fsp3) is 0.304. The number of ether oxygens (including phenoxy) is 2. The third kappa shape index (κ3) is 7.99. The van der Waals surface area contributed by atoms with Crippen molar-refractivity contribution in [1.82, 2.24) is 30.4 Å². The number of anilines is 2. The maximum Gasteiger partial charge on any atom is 0.394 e. The fourth-order valence-electron chi connectivity index (χ4n) is 3.80. The molecule has 0 aromatic carbocycles. The molecule has 0 aliphatic carbocycles. The van der Waals surface area contributed by atoms with Crippen molar-refractivity contribution < 1.29 is 37.0 Å². The lowest BCUT2D eigenvalue weighted by Crippen LogP contribution is -2.36. The van der Waals surface area contributed by atoms with Gasteiger partial charge in [0.1, 0.15) is 0 Å². The lowest BCUT2D eigenvalue weighted by molar-refractivity contribution is 0.0705. The summed E-state index contributed by atoms with van der Waals surface area (Å²) in [7, 11) is -1.22. The van der Waals surface area contributed by atoms with E-state index in [0.717, 1.165) is 39.6 Å². The number of thiophene rings is 1. The molecule has 218 valence electrons. The molecular weight excluding hydrogens is 580 g/mol. The summed E-state index contributed by atoms with van der Waals surface area (Å²) >= 11 is 1.62. The molecule has 0 bridgehead atoms. The SMILES string of the molecule is COc1ccc(-c2nc(N3CCOCC3)c3sc(CN(C)c4ncc(C(=O)NO)cn4)cc3n2)cn1.O=S(=O)(O)O. The summed E-state index contributed by atoms with van der Waals surface area (Å²) < 4.78 is 43.3. The van der Waals surface area contributed by atoms with Gasteiger partial charge in [-0.15, -0.1) is 11.3 Å². The van der Waals surface area contributed by atoms with Crippen molar-refractivity contribution >= 4 is 49.6 Å². The summed E-state index contributed by atoms with van der Waals surface area (Å²) in [6.45, 7) is 3.33. The van der Waals surface area contributed by atoms with Crippen LogP contribution in [0.3, 0.4) is 0 Å². The number of methoxy groups -OCH3 is 1. The Kier molecular flexibility index (Phi) is 9.53. The van der Waals surface area contributed by atoms with E-state index in [1.54, 1.807) is 36.2 Å². The number of carbonyl (C=O) groups excluding carboxylic acids is 1. The number of nitrogens with one attached hydrogen (secondary N) is 1. The molecule has 1 aliphatic heterocycles. The highest BCUT2D eigenvalue weighted by Crippen LogP contribution is 2.35. The second kappa shape index (κ2) is 13.1. The minimum atomic E-state index is -4.67. The molecule has 1 aliphatic rings. The molecule has 0 atom stereocenters. The lowest BCUT2D eigenvalue weighted by Gasteiger charge is -2.28. The second-order valence-electron chi connectivity index (χ2n) is 8.50. The molecule has 16 nitrogen and oxygen atoms in total. The van der Waals surface area contributed by atoms with Crippen LogP contribution < -0.4 is 20.0 Å². The van der Waals surface area contributed by atoms with Gasteiger partial charge in [0.15, 0.2) is 11.6 Å². The number of amides is 1. The highest BCUT2D eigenvalue weighted by atomic mass is 32.3. The van der Waals surface area contributed by atoms with E-state index in [2.05, 4.69) is 25.9 Å². The average molecular weight is 607 g/mol. The number of aromatic nitrogens is 5. The topological polar surface area (TPSA) is 213 Å². The molecule has 5 heterocycles. The first kappa shape index (κ1) is 29.9. The zero-order chi connectivity index (χ0) is 29.6. The Morgan fingerprint density at radius 2 is 1.83 bits per heavy atom. The van der Waals surface area contributed by atoms with Crippen molar-refractivity contribution in [2.75, 3.05) is 50.3 Å². The van der Waals surface area contributed by atoms with Crippen LogP contribution in [0.5, 0.6) is 5.88 Å². The minimum Gasteiger partial charge on any atom is -0.481 e. The fourth-order valence-corrected chi connectivity index (χ4v) is 4.96. The number of hydrogen-bond donors (Lipinski definition) is 4. The molecule has 0 radical (unpaired) electrons. The van der Waals surface area contributed by atoms with Crippen LogP contribution in [0.2, 0.25) is 0 Å². The van der Waals surface area contributed by atoms with Gasteiger partial charge in [0.2, 0.25) is 11.8 Å². The molecule has 41 heavy (non-hydrogen) atoms. The van der Waals surface area contributed by atoms with E-state index in [4.69, 9.17) is 42.2 Å². The zero-order valence-corrected chi connectivity index (χ0v) is 23.5. The van der Waals surface area contributed by atoms with Gasteiger partial charge in [0.25, 0.3) is 5.91 Å². The van der Waals surface area contributed by atoms with Gasteiger partial charge in [-0.25, -0.2) is 30.4 Å². The number of nitrogens with zero attached hydrogens (tertiary/aromatic N) is 7. The molecule has 4 aromatic heterocycles. The van der Waals surface area contributed by atoms with Crippen LogP contribution >= 0.6 is 11.3 Å². The van der Waals surface area contributed by atoms with E-state index in [1.165, 1.54) is 12.4 Å². The van der Waals surface area contributed by atoms with E-state index >= 15 is 0 Å². The first-order valence-electron chi connectivity index (χ1n) is 11.9. The average Bonchev–Trinajstić information content (AvgIpc) is 3.38. The third-order valence-electron chi connectivity index (χ3n) is 5.66. The first-order chi connectivity index (χ1) is 19.6. The Balaban J connectivity index is 0.000000714. The Bertz CT molecular complexity index is 1590. The number of morpholine rings is 1. The van der Waals surface area contributed by atoms with Gasteiger partial charge < -0.3 is 19.3 Å². The second-order valence-corrected chi connectivity index (χ2v) is 10.5. The Morgan fingerprint density at radius 1 is 1.15 bits per heavy atom. The van der Waals surface area contributed by atoms with Gasteiger partial charge in [-0.05, 0) is 12.1 Å². The maximum atomic E-state index is 11.5. The van der Waals surface area contributed by atoms with Gasteiger partial charge in [-0.3, -0.25) is 19.1 Å². The monoisotopic (exact) mass is 606 g/mol. The van der Waals surface area contributed by atoms with E-state index < -0.39 is 16.3 Å². The predicted octanol–water partition coefficient (Wildman–Crippen LogP) is 1.49. The lowest BCUT2D eigenvalue weighted by atomic mass is 10.2. The quantitative estimate of drug-likeness (QED) is 0.133. The summed E-state index contributed by atoms with van der Waals surface area (Å²) in [6, 6.07) is 5.74. The summed E-state index contributed by atoms with van der Waals surface area (Å²) in [5, 5.41) is 8.77. The Labute approximate surface area is 238 Å². The Hall–Kier alpha value is -4.07. The van der Waals surface area contributed by atoms with Gasteiger partial charge in [-0.1, -0.05) is 0 Å². The third-order valence-corrected chi connectivity index (χ3v) is 6.76. The van der Waals surface area contributed by atoms with Crippen LogP contribution in [0.25, 0.3) is 21.6 Å². The normalized spacial score (nSPS) is 13.3. The Morgan fingerprint density at radius 3 is 2.41 bits per heavy atom. The minimum absolute atomic E-state index is 0.169. The van der Waals surface area contributed by atoms with E-state index in [0.29, 0.717) is 37.4 Å². The standard InChI is InChI=1S/C23H24N8O4S.H2O4S/c1-30(23-25-11-15(12-26-23)22(32)29-33)13-16-9-17-19(36-16)21(31-5-7-35-8-6-31)28-20(27-17)14-3-4-18(34-2)24-10-14;1-5(2,3)4/h3-4,9-12,33H,5-8,13H2,1-2H3,(H,29,32);(H2,1,2,3,4). The van der Waals surface area contributed by atoms with Crippen molar-refractivity contribution in [2.45, 2.75) is 6.54 Å². The van der Waals surface area contributed by atoms with Crippen LogP contribution in [0.1, 0.15) is 15.2 Å². The predicted molar refractivity (Wildman–Crippen MR) is 148 cm³/mol. The highest BCUT2D eigenvalue weighted by molar-refractivity contribution is 7.79. The molecule has 4 aromatic rings. The molecular formula is C23H26N8O8S2. The molecule has 4 N–H and O–H groups in total. The molecule has 18 heteroatoms. The van der Waals surface area contributed by atoms with Crippen molar-refractivity contribution in [3.8, 4) is 17.3 Å². The van der Waals surface area contributed by atoms with Gasteiger partial charge in [-0.2, -0.15) is 8.42 Å². The number of hydroxylamine groups is 1. The zero-order valence-electron chi connectivity index (χ0n) is 21.8. The molecule has 1 saturated heterocycles. The van der Waals surface area contributed by atoms with Gasteiger partial charge in [0.05, 0.1) is 42.6 Å². The van der Waals surface area contributed by atoms with Gasteiger partial charge in [0, 0.05) is 55.2 Å². The number of hydrogen-bond acceptors (Lipinski definition) is 14. The van der Waals surface area contributed by atoms with Crippen LogP contribution in [0, 0.1) is 0 Å². The van der Waals surface area contributed by atoms with Crippen LogP contribution in [0.15, 0.2) is 36.8 Å². The summed E-state index contributed by atoms with van der Waals surface area (Å²) in [5.41, 5.74) is 3.39. The molecule has 0 saturated carbocycles. The van der Waals surface area contributed by atoms with Gasteiger partial charge >= 0.3 is 10.4 Å². The summed E-state index contributed by atoms with van der Waals surface area (Å²) in [4.78, 5) is 39.2. The van der Waals surface area contributed by atoms with E-state index in [-0.39, 0.29) is 5.56 Å². The number of pyridine rings is 1. The summed E-state index contributed by atoms with van der Waals surface area (Å²) in [6.07, 6.45) is 4.45. The van der Waals surface area contributed by atoms with Crippen molar-refractivity contribution in [3.05, 3.63) is 47.2 Å². The number of fused-ring (bicyclic) bond motifs is 1. The van der Waals surface area contributed by atoms with E-state index in [9.17, 15) is 4.79 Å². The number of carbonyl (C=O) groups is 1. The maximum absolute atomic E-state index is 11.5. The molecule has 0 spiro atoms. The number of rotatable bonds is 7. The molecule has 0 unspecified atom stereocenters. The highest BCUT2D eigenvalue weighted by Gasteiger charge is 2.21. The van der Waals surface area contributed by atoms with Crippen LogP contribution in [0.4, 0.5) is 11.8 Å². The molecule has 1 amide bonds. The van der Waals surface area contributed by atoms with Crippen molar-refractivity contribution in [3.63, 3.8) is 0 Å². The van der Waals surface area contributed by atoms with Crippen molar-refractivity contribution in [1.29, 1.82) is 0 Å². The largest absolute Gasteiger partial charge is 0.481 e. The van der Waals surface area contributed by atoms with Crippen LogP contribution in [-0.2, 0) is 21.7 Å². The molecule has 1 fully saturated rings.